The zero-order valence-electron chi connectivity index (χ0n) is 19.7. The molecule has 1 saturated carbocycles. The van der Waals surface area contributed by atoms with E-state index in [1.165, 1.54) is 13.2 Å². The molecule has 7 nitrogen and oxygen atoms in total. The van der Waals surface area contributed by atoms with E-state index in [0.29, 0.717) is 16.9 Å². The minimum absolute atomic E-state index is 0.0144. The smallest absolute Gasteiger partial charge is 0.387 e. The van der Waals surface area contributed by atoms with Gasteiger partial charge in [-0.3, -0.25) is 14.0 Å². The molecule has 0 N–H and O–H groups in total. The summed E-state index contributed by atoms with van der Waals surface area (Å²) in [5, 5.41) is 0. The van der Waals surface area contributed by atoms with Crippen LogP contribution in [0.5, 0.6) is 11.5 Å². The number of aromatic nitrogens is 2. The van der Waals surface area contributed by atoms with Gasteiger partial charge in [-0.1, -0.05) is 0 Å². The van der Waals surface area contributed by atoms with E-state index in [1.807, 2.05) is 27.6 Å². The maximum atomic E-state index is 13.3. The zero-order valence-corrected chi connectivity index (χ0v) is 19.7. The first-order valence-electron chi connectivity index (χ1n) is 11.8. The van der Waals surface area contributed by atoms with E-state index >= 15 is 0 Å². The van der Waals surface area contributed by atoms with Crippen molar-refractivity contribution in [1.82, 2.24) is 14.3 Å². The van der Waals surface area contributed by atoms with Gasteiger partial charge in [-0.15, -0.1) is 0 Å². The van der Waals surface area contributed by atoms with Crippen LogP contribution in [0.15, 0.2) is 36.7 Å². The second kappa shape index (κ2) is 9.28. The molecule has 0 radical (unpaired) electrons. The second-order valence-corrected chi connectivity index (χ2v) is 9.20. The number of nitrogens with zero attached hydrogens (tertiary/aromatic N) is 3. The Labute approximate surface area is 201 Å². The highest BCUT2D eigenvalue weighted by Crippen LogP contribution is 2.41. The van der Waals surface area contributed by atoms with Gasteiger partial charge < -0.3 is 14.4 Å². The van der Waals surface area contributed by atoms with Crippen molar-refractivity contribution in [2.75, 3.05) is 13.7 Å². The number of pyridine rings is 1. The van der Waals surface area contributed by atoms with Gasteiger partial charge in [0.25, 0.3) is 0 Å². The number of rotatable bonds is 8. The number of likely N-dealkylation sites (tertiary alicyclic amines) is 1. The Kier molecular flexibility index (Phi) is 6.17. The zero-order chi connectivity index (χ0) is 24.7. The van der Waals surface area contributed by atoms with Gasteiger partial charge in [0.15, 0.2) is 5.78 Å². The molecule has 1 atom stereocenters. The molecule has 2 fully saturated rings. The summed E-state index contributed by atoms with van der Waals surface area (Å²) < 4.78 is 38.6. The van der Waals surface area contributed by atoms with Gasteiger partial charge in [-0.25, -0.2) is 4.98 Å². The van der Waals surface area contributed by atoms with E-state index in [2.05, 4.69) is 4.98 Å². The van der Waals surface area contributed by atoms with Crippen LogP contribution in [0.1, 0.15) is 61.0 Å². The molecule has 184 valence electrons. The van der Waals surface area contributed by atoms with Crippen LogP contribution in [0, 0.1) is 5.92 Å². The van der Waals surface area contributed by atoms with E-state index in [0.717, 1.165) is 37.8 Å². The molecule has 1 aromatic carbocycles. The summed E-state index contributed by atoms with van der Waals surface area (Å²) in [7, 11) is 1.41. The molecule has 2 aromatic heterocycles. The van der Waals surface area contributed by atoms with Crippen LogP contribution in [0.25, 0.3) is 16.9 Å². The summed E-state index contributed by atoms with van der Waals surface area (Å²) in [5.41, 5.74) is 2.89. The molecule has 35 heavy (non-hydrogen) atoms. The van der Waals surface area contributed by atoms with Gasteiger partial charge in [0.05, 0.1) is 25.0 Å². The molecule has 0 spiro atoms. The van der Waals surface area contributed by atoms with Crippen molar-refractivity contribution in [3.8, 4) is 22.8 Å². The number of imidazole rings is 1. The SMILES string of the molecule is COc1cc(-c2cnc3cc(C4CCCN4C(C)=O)ccn23)cc(OC(F)F)c1C(=O)CC1CC1. The molecule has 9 heteroatoms. The molecule has 1 saturated heterocycles. The number of carbonyl (C=O) groups is 2. The lowest BCUT2D eigenvalue weighted by Crippen LogP contribution is -2.28. The summed E-state index contributed by atoms with van der Waals surface area (Å²) in [6.45, 7) is -0.762. The van der Waals surface area contributed by atoms with Crippen molar-refractivity contribution in [2.24, 2.45) is 5.92 Å². The lowest BCUT2D eigenvalue weighted by Gasteiger charge is -2.23. The van der Waals surface area contributed by atoms with Crippen LogP contribution in [0.4, 0.5) is 8.78 Å². The molecular formula is C26H27F2N3O4. The number of halogens is 2. The molecular weight excluding hydrogens is 456 g/mol. The maximum absolute atomic E-state index is 13.3. The minimum Gasteiger partial charge on any atom is -0.496 e. The average Bonchev–Trinajstić information content (AvgIpc) is 3.32. The molecule has 1 aliphatic heterocycles. The first-order chi connectivity index (χ1) is 16.9. The number of hydrogen-bond acceptors (Lipinski definition) is 5. The molecule has 5 rings (SSSR count). The number of benzene rings is 1. The van der Waals surface area contributed by atoms with Crippen LogP contribution in [-0.4, -0.2) is 46.2 Å². The largest absolute Gasteiger partial charge is 0.496 e. The van der Waals surface area contributed by atoms with Crippen LogP contribution >= 0.6 is 0 Å². The van der Waals surface area contributed by atoms with Crippen molar-refractivity contribution < 1.29 is 27.8 Å². The third-order valence-electron chi connectivity index (χ3n) is 6.83. The van der Waals surface area contributed by atoms with Gasteiger partial charge in [0.2, 0.25) is 5.91 Å². The number of alkyl halides is 2. The molecule has 1 unspecified atom stereocenters. The lowest BCUT2D eigenvalue weighted by molar-refractivity contribution is -0.129. The highest BCUT2D eigenvalue weighted by Gasteiger charge is 2.30. The van der Waals surface area contributed by atoms with Crippen LogP contribution in [0.2, 0.25) is 0 Å². The summed E-state index contributed by atoms with van der Waals surface area (Å²) >= 11 is 0. The number of hydrogen-bond donors (Lipinski definition) is 0. The summed E-state index contributed by atoms with van der Waals surface area (Å²) in [5.74, 6) is 0.0680. The topological polar surface area (TPSA) is 73.1 Å². The molecule has 2 aliphatic rings. The quantitative estimate of drug-likeness (QED) is 0.408. The fourth-order valence-electron chi connectivity index (χ4n) is 4.96. The lowest BCUT2D eigenvalue weighted by atomic mass is 10.00. The Morgan fingerprint density at radius 2 is 1.94 bits per heavy atom. The summed E-state index contributed by atoms with van der Waals surface area (Å²) in [6, 6.07) is 7.01. The Hall–Kier alpha value is -3.49. The molecule has 3 heterocycles. The first kappa shape index (κ1) is 23.3. The van der Waals surface area contributed by atoms with Crippen LogP contribution < -0.4 is 9.47 Å². The molecule has 1 aliphatic carbocycles. The van der Waals surface area contributed by atoms with Crippen LogP contribution in [-0.2, 0) is 4.79 Å². The third-order valence-corrected chi connectivity index (χ3v) is 6.83. The van der Waals surface area contributed by atoms with E-state index < -0.39 is 6.61 Å². The number of carbonyl (C=O) groups excluding carboxylic acids is 2. The highest BCUT2D eigenvalue weighted by molar-refractivity contribution is 6.02. The Morgan fingerprint density at radius 1 is 1.17 bits per heavy atom. The van der Waals surface area contributed by atoms with Crippen molar-refractivity contribution in [1.29, 1.82) is 0 Å². The van der Waals surface area contributed by atoms with Crippen molar-refractivity contribution >= 4 is 17.3 Å². The Bertz CT molecular complexity index is 1290. The number of fused-ring (bicyclic) bond motifs is 1. The minimum atomic E-state index is -3.08. The van der Waals surface area contributed by atoms with E-state index in [1.54, 1.807) is 19.2 Å². The third kappa shape index (κ3) is 4.59. The predicted octanol–water partition coefficient (Wildman–Crippen LogP) is 5.28. The standard InChI is InChI=1S/C26H27F2N3O4/c1-15(32)30-8-3-4-19(30)17-7-9-31-20(14-29-24(31)13-17)18-11-22(34-2)25(21(33)10-16-5-6-16)23(12-18)35-26(27)28/h7,9,11-14,16,19,26H,3-6,8,10H2,1-2H3. The number of ether oxygens (including phenoxy) is 2. The van der Waals surface area contributed by atoms with Gasteiger partial charge in [0, 0.05) is 31.6 Å². The fourth-order valence-corrected chi connectivity index (χ4v) is 4.96. The second-order valence-electron chi connectivity index (χ2n) is 9.20. The van der Waals surface area contributed by atoms with Crippen molar-refractivity contribution in [2.45, 2.75) is 51.7 Å². The fraction of sp³-hybridized carbons (Fsp3) is 0.423. The Morgan fingerprint density at radius 3 is 2.63 bits per heavy atom. The Balaban J connectivity index is 1.54. The van der Waals surface area contributed by atoms with Crippen molar-refractivity contribution in [3.63, 3.8) is 0 Å². The number of ketones is 1. The average molecular weight is 484 g/mol. The van der Waals surface area contributed by atoms with Gasteiger partial charge in [-0.2, -0.15) is 8.78 Å². The predicted molar refractivity (Wildman–Crippen MR) is 125 cm³/mol. The molecule has 1 amide bonds. The van der Waals surface area contributed by atoms with Gasteiger partial charge in [0.1, 0.15) is 22.7 Å². The van der Waals surface area contributed by atoms with E-state index in [9.17, 15) is 18.4 Å². The monoisotopic (exact) mass is 483 g/mol. The molecule has 3 aromatic rings. The summed E-state index contributed by atoms with van der Waals surface area (Å²) in [6.07, 6.45) is 7.56. The molecule has 0 bridgehead atoms. The van der Waals surface area contributed by atoms with E-state index in [4.69, 9.17) is 9.47 Å². The van der Waals surface area contributed by atoms with Gasteiger partial charge >= 0.3 is 6.61 Å². The maximum Gasteiger partial charge on any atom is 0.387 e. The number of amides is 1. The van der Waals surface area contributed by atoms with Crippen molar-refractivity contribution in [3.05, 3.63) is 47.8 Å². The number of methoxy groups -OCH3 is 1. The van der Waals surface area contributed by atoms with E-state index in [-0.39, 0.29) is 47.1 Å². The highest BCUT2D eigenvalue weighted by atomic mass is 19.3. The number of Topliss-reactive ketones (excluding diaryl/α,β-unsaturated/α-hetero) is 1. The van der Waals surface area contributed by atoms with Gasteiger partial charge in [-0.05, 0) is 61.4 Å². The normalized spacial score (nSPS) is 17.9. The van der Waals surface area contributed by atoms with Crippen LogP contribution in [0.3, 0.4) is 0 Å². The first-order valence-corrected chi connectivity index (χ1v) is 11.8. The summed E-state index contributed by atoms with van der Waals surface area (Å²) in [4.78, 5) is 31.2.